The molecule has 5 heteroatoms. The fourth-order valence-electron chi connectivity index (χ4n) is 2.71. The normalized spacial score (nSPS) is 16.2. The van der Waals surface area contributed by atoms with Crippen molar-refractivity contribution in [1.29, 1.82) is 0 Å². The molecule has 3 rings (SSSR count). The molecule has 0 saturated carbocycles. The second-order valence-corrected chi connectivity index (χ2v) is 5.32. The molecule has 1 aromatic heterocycles. The molecule has 0 saturated heterocycles. The van der Waals surface area contributed by atoms with Gasteiger partial charge in [-0.15, -0.1) is 6.58 Å². The second-order valence-electron chi connectivity index (χ2n) is 5.32. The lowest BCUT2D eigenvalue weighted by atomic mass is 10.1. The van der Waals surface area contributed by atoms with E-state index < -0.39 is 0 Å². The summed E-state index contributed by atoms with van der Waals surface area (Å²) in [4.78, 5) is 22.9. The van der Waals surface area contributed by atoms with Gasteiger partial charge in [-0.3, -0.25) is 4.79 Å². The van der Waals surface area contributed by atoms with Gasteiger partial charge in [0.1, 0.15) is 0 Å². The lowest BCUT2D eigenvalue weighted by Crippen LogP contribution is -2.35. The fourth-order valence-corrected chi connectivity index (χ4v) is 2.71. The van der Waals surface area contributed by atoms with Gasteiger partial charge >= 0.3 is 0 Å². The Bertz CT molecular complexity index is 696. The molecule has 112 valence electrons. The Hall–Kier alpha value is -2.69. The Kier molecular flexibility index (Phi) is 3.87. The van der Waals surface area contributed by atoms with E-state index in [2.05, 4.69) is 34.9 Å². The molecule has 1 amide bonds. The van der Waals surface area contributed by atoms with Crippen molar-refractivity contribution in [2.24, 2.45) is 0 Å². The van der Waals surface area contributed by atoms with Crippen LogP contribution < -0.4 is 10.2 Å². The molecule has 1 aliphatic rings. The summed E-state index contributed by atoms with van der Waals surface area (Å²) in [5.41, 5.74) is 2.68. The predicted octanol–water partition coefficient (Wildman–Crippen LogP) is 2.67. The van der Waals surface area contributed by atoms with E-state index >= 15 is 0 Å². The van der Waals surface area contributed by atoms with Crippen molar-refractivity contribution in [2.75, 3.05) is 16.8 Å². The average molecular weight is 294 g/mol. The minimum Gasteiger partial charge on any atom is -0.351 e. The topological polar surface area (TPSA) is 58.1 Å². The summed E-state index contributed by atoms with van der Waals surface area (Å²) in [7, 11) is 0. The number of fused-ring (bicyclic) bond motifs is 1. The van der Waals surface area contributed by atoms with E-state index in [9.17, 15) is 4.79 Å². The number of benzene rings is 1. The molecular weight excluding hydrogens is 276 g/mol. The fraction of sp³-hybridized carbons (Fsp3) is 0.235. The first kappa shape index (κ1) is 14.3. The Labute approximate surface area is 129 Å². The summed E-state index contributed by atoms with van der Waals surface area (Å²) >= 11 is 0. The van der Waals surface area contributed by atoms with Gasteiger partial charge in [0.15, 0.2) is 0 Å². The molecular formula is C17H18N4O. The minimum atomic E-state index is -0.0623. The molecule has 5 nitrogen and oxygen atoms in total. The summed E-state index contributed by atoms with van der Waals surface area (Å²) in [6.07, 6.45) is 5.73. The zero-order valence-electron chi connectivity index (χ0n) is 12.5. The number of carbonyl (C=O) groups is 1. The Balaban J connectivity index is 1.83. The van der Waals surface area contributed by atoms with E-state index in [1.54, 1.807) is 18.5 Å². The summed E-state index contributed by atoms with van der Waals surface area (Å²) in [5.74, 6) is 0.430. The number of rotatable bonds is 4. The highest BCUT2D eigenvalue weighted by atomic mass is 16.2. The molecule has 1 aliphatic heterocycles. The molecule has 0 aliphatic carbocycles. The summed E-state index contributed by atoms with van der Waals surface area (Å²) < 4.78 is 0. The SMILES string of the molecule is C=CCNc1ncc(C(=O)N2c3ccccc3CC2C)cn1. The molecule has 0 radical (unpaired) electrons. The van der Waals surface area contributed by atoms with Gasteiger partial charge in [-0.2, -0.15) is 0 Å². The van der Waals surface area contributed by atoms with Gasteiger partial charge in [-0.05, 0) is 25.0 Å². The largest absolute Gasteiger partial charge is 0.351 e. The number of anilines is 2. The third kappa shape index (κ3) is 2.57. The van der Waals surface area contributed by atoms with E-state index in [1.807, 2.05) is 23.1 Å². The molecule has 0 spiro atoms. The number of aromatic nitrogens is 2. The van der Waals surface area contributed by atoms with Crippen LogP contribution in [0.1, 0.15) is 22.8 Å². The van der Waals surface area contributed by atoms with E-state index in [-0.39, 0.29) is 11.9 Å². The summed E-state index contributed by atoms with van der Waals surface area (Å²) in [5, 5.41) is 2.99. The maximum Gasteiger partial charge on any atom is 0.261 e. The average Bonchev–Trinajstić information content (AvgIpc) is 2.88. The third-order valence-electron chi connectivity index (χ3n) is 3.73. The lowest BCUT2D eigenvalue weighted by Gasteiger charge is -2.22. The van der Waals surface area contributed by atoms with Crippen molar-refractivity contribution < 1.29 is 4.79 Å². The molecule has 1 N–H and O–H groups in total. The molecule has 1 atom stereocenters. The predicted molar refractivity (Wildman–Crippen MR) is 87.1 cm³/mol. The van der Waals surface area contributed by atoms with Crippen LogP contribution in [0.5, 0.6) is 0 Å². The monoisotopic (exact) mass is 294 g/mol. The van der Waals surface area contributed by atoms with Crippen molar-refractivity contribution in [1.82, 2.24) is 9.97 Å². The highest BCUT2D eigenvalue weighted by Crippen LogP contribution is 2.32. The first-order chi connectivity index (χ1) is 10.7. The van der Waals surface area contributed by atoms with Crippen LogP contribution >= 0.6 is 0 Å². The van der Waals surface area contributed by atoms with Crippen LogP contribution in [-0.4, -0.2) is 28.5 Å². The van der Waals surface area contributed by atoms with Gasteiger partial charge in [0.2, 0.25) is 5.95 Å². The van der Waals surface area contributed by atoms with Gasteiger partial charge in [-0.25, -0.2) is 9.97 Å². The van der Waals surface area contributed by atoms with E-state index in [0.717, 1.165) is 12.1 Å². The van der Waals surface area contributed by atoms with Crippen molar-refractivity contribution in [3.63, 3.8) is 0 Å². The van der Waals surface area contributed by atoms with Crippen LogP contribution in [0, 0.1) is 0 Å². The van der Waals surface area contributed by atoms with Crippen LogP contribution in [0.3, 0.4) is 0 Å². The number of nitrogens with zero attached hydrogens (tertiary/aromatic N) is 3. The number of hydrogen-bond donors (Lipinski definition) is 1. The maximum atomic E-state index is 12.8. The van der Waals surface area contributed by atoms with Crippen LogP contribution in [0.2, 0.25) is 0 Å². The van der Waals surface area contributed by atoms with Crippen LogP contribution in [0.25, 0.3) is 0 Å². The quantitative estimate of drug-likeness (QED) is 0.881. The van der Waals surface area contributed by atoms with Gasteiger partial charge in [-0.1, -0.05) is 24.3 Å². The van der Waals surface area contributed by atoms with Crippen molar-refractivity contribution in [2.45, 2.75) is 19.4 Å². The van der Waals surface area contributed by atoms with Crippen LogP contribution in [0.4, 0.5) is 11.6 Å². The van der Waals surface area contributed by atoms with Crippen molar-refractivity contribution in [3.05, 3.63) is 60.4 Å². The number of amides is 1. The standard InChI is InChI=1S/C17H18N4O/c1-3-8-18-17-19-10-14(11-20-17)16(22)21-12(2)9-13-6-4-5-7-15(13)21/h3-7,10-12H,1,8-9H2,2H3,(H,18,19,20). The zero-order valence-corrected chi connectivity index (χ0v) is 12.5. The number of nitrogens with one attached hydrogen (secondary N) is 1. The van der Waals surface area contributed by atoms with E-state index in [4.69, 9.17) is 0 Å². The number of para-hydroxylation sites is 1. The third-order valence-corrected chi connectivity index (χ3v) is 3.73. The molecule has 1 aromatic carbocycles. The Morgan fingerprint density at radius 1 is 1.41 bits per heavy atom. The molecule has 2 heterocycles. The molecule has 0 bridgehead atoms. The highest BCUT2D eigenvalue weighted by molar-refractivity contribution is 6.07. The van der Waals surface area contributed by atoms with Gasteiger partial charge in [0.25, 0.3) is 5.91 Å². The van der Waals surface area contributed by atoms with Gasteiger partial charge in [0, 0.05) is 30.7 Å². The summed E-state index contributed by atoms with van der Waals surface area (Å²) in [6.45, 7) is 6.27. The molecule has 1 unspecified atom stereocenters. The van der Waals surface area contributed by atoms with E-state index in [1.165, 1.54) is 5.56 Å². The Morgan fingerprint density at radius 3 is 2.86 bits per heavy atom. The first-order valence-corrected chi connectivity index (χ1v) is 7.29. The zero-order chi connectivity index (χ0) is 15.5. The number of hydrogen-bond acceptors (Lipinski definition) is 4. The van der Waals surface area contributed by atoms with Gasteiger partial charge < -0.3 is 10.2 Å². The van der Waals surface area contributed by atoms with Crippen LogP contribution in [-0.2, 0) is 6.42 Å². The van der Waals surface area contributed by atoms with Crippen LogP contribution in [0.15, 0.2) is 49.3 Å². The lowest BCUT2D eigenvalue weighted by molar-refractivity contribution is 0.0981. The summed E-state index contributed by atoms with van der Waals surface area (Å²) in [6, 6.07) is 8.15. The molecule has 22 heavy (non-hydrogen) atoms. The number of carbonyl (C=O) groups excluding carboxylic acids is 1. The maximum absolute atomic E-state index is 12.8. The van der Waals surface area contributed by atoms with E-state index in [0.29, 0.717) is 18.1 Å². The van der Waals surface area contributed by atoms with Crippen molar-refractivity contribution in [3.8, 4) is 0 Å². The molecule has 2 aromatic rings. The smallest absolute Gasteiger partial charge is 0.261 e. The first-order valence-electron chi connectivity index (χ1n) is 7.29. The van der Waals surface area contributed by atoms with Crippen molar-refractivity contribution >= 4 is 17.5 Å². The Morgan fingerprint density at radius 2 is 2.14 bits per heavy atom. The second kappa shape index (κ2) is 5.97. The van der Waals surface area contributed by atoms with Gasteiger partial charge in [0.05, 0.1) is 5.56 Å². The molecule has 0 fully saturated rings. The minimum absolute atomic E-state index is 0.0623. The highest BCUT2D eigenvalue weighted by Gasteiger charge is 2.31.